The topological polar surface area (TPSA) is 45.5 Å². The number of carbonyl (C=O) groups excluding carboxylic acids is 1. The normalized spacial score (nSPS) is 20.4. The van der Waals surface area contributed by atoms with Crippen LogP contribution in [0.3, 0.4) is 0 Å². The molecule has 0 bridgehead atoms. The maximum absolute atomic E-state index is 12.6. The Balaban J connectivity index is 1.76. The minimum Gasteiger partial charge on any atom is -0.459 e. The molecule has 1 fully saturated rings. The van der Waals surface area contributed by atoms with Gasteiger partial charge in [0.1, 0.15) is 11.3 Å². The minimum absolute atomic E-state index is 0.0492. The van der Waals surface area contributed by atoms with Crippen molar-refractivity contribution in [3.63, 3.8) is 0 Å². The van der Waals surface area contributed by atoms with Crippen molar-refractivity contribution in [3.8, 4) is 0 Å². The largest absolute Gasteiger partial charge is 0.459 e. The number of rotatable bonds is 3. The zero-order valence-corrected chi connectivity index (χ0v) is 12.6. The Morgan fingerprint density at radius 2 is 2.24 bits per heavy atom. The maximum atomic E-state index is 12.6. The van der Waals surface area contributed by atoms with Gasteiger partial charge < -0.3 is 14.6 Å². The van der Waals surface area contributed by atoms with Crippen LogP contribution in [-0.4, -0.2) is 30.9 Å². The molecule has 4 heteroatoms. The van der Waals surface area contributed by atoms with Gasteiger partial charge in [-0.1, -0.05) is 18.2 Å². The predicted octanol–water partition coefficient (Wildman–Crippen LogP) is 2.95. The van der Waals surface area contributed by atoms with Crippen LogP contribution >= 0.6 is 0 Å². The second kappa shape index (κ2) is 5.90. The quantitative estimate of drug-likeness (QED) is 0.943. The number of hydrogen-bond donors (Lipinski definition) is 1. The lowest BCUT2D eigenvalue weighted by Gasteiger charge is -2.30. The van der Waals surface area contributed by atoms with Crippen molar-refractivity contribution >= 4 is 16.9 Å². The van der Waals surface area contributed by atoms with Crippen LogP contribution < -0.4 is 5.32 Å². The van der Waals surface area contributed by atoms with Crippen LogP contribution in [-0.2, 0) is 4.79 Å². The van der Waals surface area contributed by atoms with Gasteiger partial charge in [-0.25, -0.2) is 0 Å². The Labute approximate surface area is 125 Å². The molecular weight excluding hydrogens is 264 g/mol. The van der Waals surface area contributed by atoms with Crippen LogP contribution in [0.4, 0.5) is 0 Å². The molecular formula is C17H22N2O2. The molecule has 1 amide bonds. The predicted molar refractivity (Wildman–Crippen MR) is 83.0 cm³/mol. The lowest BCUT2D eigenvalue weighted by atomic mass is 9.97. The number of amides is 1. The number of benzene rings is 1. The molecule has 1 aromatic heterocycles. The first kappa shape index (κ1) is 14.1. The fourth-order valence-corrected chi connectivity index (χ4v) is 2.94. The molecule has 0 aliphatic carbocycles. The van der Waals surface area contributed by atoms with Crippen molar-refractivity contribution in [2.75, 3.05) is 20.1 Å². The molecule has 3 rings (SSSR count). The Kier molecular flexibility index (Phi) is 3.97. The zero-order valence-electron chi connectivity index (χ0n) is 12.6. The maximum Gasteiger partial charge on any atom is 0.227 e. The lowest BCUT2D eigenvalue weighted by Crippen LogP contribution is -2.42. The fourth-order valence-electron chi connectivity index (χ4n) is 2.94. The summed E-state index contributed by atoms with van der Waals surface area (Å²) in [5.41, 5.74) is 0.875. The first-order chi connectivity index (χ1) is 10.2. The van der Waals surface area contributed by atoms with Gasteiger partial charge in [0.05, 0.1) is 12.0 Å². The van der Waals surface area contributed by atoms with Crippen molar-refractivity contribution in [2.45, 2.75) is 25.8 Å². The van der Waals surface area contributed by atoms with Gasteiger partial charge in [0.15, 0.2) is 0 Å². The summed E-state index contributed by atoms with van der Waals surface area (Å²) in [6, 6.07) is 9.92. The molecule has 4 nitrogen and oxygen atoms in total. The third kappa shape index (κ3) is 2.81. The van der Waals surface area contributed by atoms with E-state index in [4.69, 9.17) is 4.42 Å². The first-order valence-corrected chi connectivity index (χ1v) is 7.62. The molecule has 0 radical (unpaired) electrons. The van der Waals surface area contributed by atoms with Crippen molar-refractivity contribution in [3.05, 3.63) is 36.1 Å². The average Bonchev–Trinajstić information content (AvgIpc) is 2.97. The fraction of sp³-hybridized carbons (Fsp3) is 0.471. The number of para-hydroxylation sites is 1. The molecule has 21 heavy (non-hydrogen) atoms. The van der Waals surface area contributed by atoms with E-state index in [1.807, 2.05) is 49.2 Å². The number of carbonyl (C=O) groups is 1. The van der Waals surface area contributed by atoms with Gasteiger partial charge in [0, 0.05) is 19.0 Å². The standard InChI is InChI=1S/C17H22N2O2/c1-12(16-10-13-6-3-4-8-15(13)21-16)19(2)17(20)14-7-5-9-18-11-14/h3-4,6,8,10,12,14,18H,5,7,9,11H2,1-2H3/t12?,14-/m1/s1. The van der Waals surface area contributed by atoms with Crippen LogP contribution in [0.15, 0.2) is 34.7 Å². The summed E-state index contributed by atoms with van der Waals surface area (Å²) >= 11 is 0. The summed E-state index contributed by atoms with van der Waals surface area (Å²) in [6.45, 7) is 3.83. The van der Waals surface area contributed by atoms with Gasteiger partial charge >= 0.3 is 0 Å². The number of nitrogens with zero attached hydrogens (tertiary/aromatic N) is 1. The summed E-state index contributed by atoms with van der Waals surface area (Å²) in [6.07, 6.45) is 2.05. The van der Waals surface area contributed by atoms with Crippen molar-refractivity contribution in [1.29, 1.82) is 0 Å². The number of fused-ring (bicyclic) bond motifs is 1. The molecule has 0 spiro atoms. The second-order valence-electron chi connectivity index (χ2n) is 5.85. The van der Waals surface area contributed by atoms with E-state index >= 15 is 0 Å². The van der Waals surface area contributed by atoms with E-state index in [9.17, 15) is 4.79 Å². The second-order valence-corrected chi connectivity index (χ2v) is 5.85. The van der Waals surface area contributed by atoms with E-state index in [0.29, 0.717) is 0 Å². The number of furan rings is 1. The van der Waals surface area contributed by atoms with Crippen LogP contribution in [0.1, 0.15) is 31.6 Å². The Bertz CT molecular complexity index is 596. The van der Waals surface area contributed by atoms with Gasteiger partial charge in [-0.15, -0.1) is 0 Å². The van der Waals surface area contributed by atoms with Gasteiger partial charge in [0.2, 0.25) is 5.91 Å². The van der Waals surface area contributed by atoms with E-state index in [1.54, 1.807) is 0 Å². The monoisotopic (exact) mass is 286 g/mol. The van der Waals surface area contributed by atoms with Crippen molar-refractivity contribution in [2.24, 2.45) is 5.92 Å². The van der Waals surface area contributed by atoms with Gasteiger partial charge in [-0.2, -0.15) is 0 Å². The van der Waals surface area contributed by atoms with Crippen LogP contribution in [0, 0.1) is 5.92 Å². The zero-order chi connectivity index (χ0) is 14.8. The number of hydrogen-bond acceptors (Lipinski definition) is 3. The highest BCUT2D eigenvalue weighted by Crippen LogP contribution is 2.28. The van der Waals surface area contributed by atoms with Crippen molar-refractivity contribution < 1.29 is 9.21 Å². The summed E-state index contributed by atoms with van der Waals surface area (Å²) in [5.74, 6) is 1.14. The highest BCUT2D eigenvalue weighted by molar-refractivity contribution is 5.80. The number of piperidine rings is 1. The van der Waals surface area contributed by atoms with Gasteiger partial charge in [-0.3, -0.25) is 4.79 Å². The highest BCUT2D eigenvalue weighted by atomic mass is 16.3. The lowest BCUT2D eigenvalue weighted by molar-refractivity contribution is -0.137. The summed E-state index contributed by atoms with van der Waals surface area (Å²) < 4.78 is 5.88. The van der Waals surface area contributed by atoms with Crippen LogP contribution in [0.25, 0.3) is 11.0 Å². The van der Waals surface area contributed by atoms with E-state index in [0.717, 1.165) is 42.7 Å². The molecule has 1 N–H and O–H groups in total. The summed E-state index contributed by atoms with van der Waals surface area (Å²) in [5, 5.41) is 4.38. The molecule has 1 aromatic carbocycles. The molecule has 0 saturated carbocycles. The first-order valence-electron chi connectivity index (χ1n) is 7.62. The Hall–Kier alpha value is -1.81. The molecule has 112 valence electrons. The Morgan fingerprint density at radius 1 is 1.43 bits per heavy atom. The van der Waals surface area contributed by atoms with E-state index < -0.39 is 0 Å². The van der Waals surface area contributed by atoms with E-state index in [2.05, 4.69) is 5.32 Å². The third-order valence-corrected chi connectivity index (χ3v) is 4.43. The molecule has 2 aromatic rings. The van der Waals surface area contributed by atoms with Crippen LogP contribution in [0.5, 0.6) is 0 Å². The summed E-state index contributed by atoms with van der Waals surface area (Å²) in [7, 11) is 1.87. The molecule has 2 heterocycles. The molecule has 1 saturated heterocycles. The molecule has 2 atom stereocenters. The average molecular weight is 286 g/mol. The highest BCUT2D eigenvalue weighted by Gasteiger charge is 2.28. The third-order valence-electron chi connectivity index (χ3n) is 4.43. The number of nitrogens with one attached hydrogen (secondary N) is 1. The van der Waals surface area contributed by atoms with Gasteiger partial charge in [-0.05, 0) is 38.4 Å². The van der Waals surface area contributed by atoms with Gasteiger partial charge in [0.25, 0.3) is 0 Å². The summed E-state index contributed by atoms with van der Waals surface area (Å²) in [4.78, 5) is 14.4. The van der Waals surface area contributed by atoms with E-state index in [-0.39, 0.29) is 17.9 Å². The molecule has 1 aliphatic heterocycles. The van der Waals surface area contributed by atoms with E-state index in [1.165, 1.54) is 0 Å². The minimum atomic E-state index is -0.0492. The Morgan fingerprint density at radius 3 is 2.95 bits per heavy atom. The smallest absolute Gasteiger partial charge is 0.227 e. The van der Waals surface area contributed by atoms with Crippen LogP contribution in [0.2, 0.25) is 0 Å². The van der Waals surface area contributed by atoms with Crippen molar-refractivity contribution in [1.82, 2.24) is 10.2 Å². The molecule has 1 aliphatic rings. The SMILES string of the molecule is CC(c1cc2ccccc2o1)N(C)C(=O)[C@@H]1CCCNC1. The molecule has 1 unspecified atom stereocenters.